The minimum Gasteiger partial charge on any atom is -0.493 e. The predicted molar refractivity (Wildman–Crippen MR) is 75.8 cm³/mol. The number of ether oxygens (including phenoxy) is 1. The number of hydrogen-bond donors (Lipinski definition) is 1. The topological polar surface area (TPSA) is 29.5 Å². The number of halogens is 1. The Balaban J connectivity index is 1.75. The van der Waals surface area contributed by atoms with Crippen molar-refractivity contribution in [2.45, 2.75) is 18.4 Å². The first kappa shape index (κ1) is 12.5. The van der Waals surface area contributed by atoms with Crippen LogP contribution in [0.15, 0.2) is 48.5 Å². The molecule has 1 N–H and O–H groups in total. The minimum absolute atomic E-state index is 0.0480. The molecular formula is C16H15ClO2. The van der Waals surface area contributed by atoms with Crippen molar-refractivity contribution < 1.29 is 9.84 Å². The van der Waals surface area contributed by atoms with Crippen LogP contribution in [0.1, 0.15) is 17.0 Å². The normalized spacial score (nSPS) is 18.7. The van der Waals surface area contributed by atoms with Gasteiger partial charge in [-0.15, -0.1) is 0 Å². The Hall–Kier alpha value is -1.51. The average Bonchev–Trinajstić information content (AvgIpc) is 2.85. The molecule has 1 heterocycles. The molecular weight excluding hydrogens is 260 g/mol. The smallest absolute Gasteiger partial charge is 0.123 e. The number of aliphatic hydroxyl groups excluding tert-OH is 1. The van der Waals surface area contributed by atoms with Gasteiger partial charge in [0.1, 0.15) is 5.75 Å². The van der Waals surface area contributed by atoms with Crippen molar-refractivity contribution in [2.75, 3.05) is 6.61 Å². The van der Waals surface area contributed by atoms with Crippen molar-refractivity contribution in [1.29, 1.82) is 0 Å². The number of rotatable bonds is 3. The van der Waals surface area contributed by atoms with Gasteiger partial charge >= 0.3 is 0 Å². The van der Waals surface area contributed by atoms with Crippen molar-refractivity contribution >= 4 is 11.6 Å². The van der Waals surface area contributed by atoms with Crippen LogP contribution < -0.4 is 4.74 Å². The molecule has 0 saturated carbocycles. The molecule has 0 amide bonds. The Kier molecular flexibility index (Phi) is 3.45. The van der Waals surface area contributed by atoms with Gasteiger partial charge in [0.25, 0.3) is 0 Å². The number of hydrogen-bond acceptors (Lipinski definition) is 2. The van der Waals surface area contributed by atoms with E-state index >= 15 is 0 Å². The fourth-order valence-electron chi connectivity index (χ4n) is 2.51. The van der Waals surface area contributed by atoms with E-state index < -0.39 is 6.10 Å². The van der Waals surface area contributed by atoms with E-state index in [0.717, 1.165) is 16.9 Å². The van der Waals surface area contributed by atoms with E-state index in [2.05, 4.69) is 0 Å². The zero-order valence-electron chi connectivity index (χ0n) is 10.4. The molecule has 0 spiro atoms. The van der Waals surface area contributed by atoms with Crippen molar-refractivity contribution in [3.05, 3.63) is 64.7 Å². The molecule has 2 nitrogen and oxygen atoms in total. The Labute approximate surface area is 117 Å². The first-order chi connectivity index (χ1) is 9.24. The summed E-state index contributed by atoms with van der Waals surface area (Å²) in [4.78, 5) is 0. The second-order valence-corrected chi connectivity index (χ2v) is 5.29. The van der Waals surface area contributed by atoms with Crippen LogP contribution in [0.4, 0.5) is 0 Å². The van der Waals surface area contributed by atoms with Crippen LogP contribution in [-0.2, 0) is 6.42 Å². The van der Waals surface area contributed by atoms with Crippen molar-refractivity contribution in [3.8, 4) is 5.75 Å². The monoisotopic (exact) mass is 274 g/mol. The maximum atomic E-state index is 10.4. The molecule has 2 unspecified atom stereocenters. The summed E-state index contributed by atoms with van der Waals surface area (Å²) in [5.41, 5.74) is 2.19. The number of aliphatic hydroxyl groups is 1. The quantitative estimate of drug-likeness (QED) is 0.929. The molecule has 0 aliphatic carbocycles. The highest BCUT2D eigenvalue weighted by atomic mass is 35.5. The lowest BCUT2D eigenvalue weighted by Crippen LogP contribution is -2.22. The Bertz CT molecular complexity index is 565. The third-order valence-electron chi connectivity index (χ3n) is 3.56. The van der Waals surface area contributed by atoms with Crippen LogP contribution in [0.2, 0.25) is 5.02 Å². The Morgan fingerprint density at radius 1 is 1.16 bits per heavy atom. The highest BCUT2D eigenvalue weighted by Crippen LogP contribution is 2.36. The van der Waals surface area contributed by atoms with Gasteiger partial charge in [0.15, 0.2) is 0 Å². The molecule has 1 aliphatic rings. The third kappa shape index (κ3) is 2.60. The summed E-state index contributed by atoms with van der Waals surface area (Å²) in [6.45, 7) is 0.550. The van der Waals surface area contributed by atoms with E-state index in [-0.39, 0.29) is 5.92 Å². The van der Waals surface area contributed by atoms with E-state index in [1.807, 2.05) is 48.5 Å². The first-order valence-corrected chi connectivity index (χ1v) is 6.76. The lowest BCUT2D eigenvalue weighted by atomic mass is 9.91. The van der Waals surface area contributed by atoms with Crippen LogP contribution in [0, 0.1) is 0 Å². The molecule has 0 bridgehead atoms. The van der Waals surface area contributed by atoms with Gasteiger partial charge in [-0.1, -0.05) is 41.9 Å². The van der Waals surface area contributed by atoms with E-state index in [1.54, 1.807) is 0 Å². The van der Waals surface area contributed by atoms with Gasteiger partial charge in [0.05, 0.1) is 12.7 Å². The first-order valence-electron chi connectivity index (χ1n) is 6.38. The fourth-order valence-corrected chi connectivity index (χ4v) is 2.64. The lowest BCUT2D eigenvalue weighted by molar-refractivity contribution is 0.129. The summed E-state index contributed by atoms with van der Waals surface area (Å²) in [5, 5.41) is 11.1. The van der Waals surface area contributed by atoms with Crippen molar-refractivity contribution in [2.24, 2.45) is 0 Å². The zero-order valence-corrected chi connectivity index (χ0v) is 11.2. The summed E-state index contributed by atoms with van der Waals surface area (Å²) < 4.78 is 5.61. The van der Waals surface area contributed by atoms with Gasteiger partial charge in [-0.2, -0.15) is 0 Å². The summed E-state index contributed by atoms with van der Waals surface area (Å²) >= 11 is 5.86. The molecule has 0 saturated heterocycles. The predicted octanol–water partition coefficient (Wildman–Crippen LogP) is 3.42. The maximum absolute atomic E-state index is 10.4. The van der Waals surface area contributed by atoms with Gasteiger partial charge < -0.3 is 9.84 Å². The SMILES string of the molecule is OC(Cc1ccc(Cl)cc1)C1COc2ccccc21. The van der Waals surface area contributed by atoms with E-state index in [1.165, 1.54) is 0 Å². The number of benzene rings is 2. The van der Waals surface area contributed by atoms with Gasteiger partial charge in [0, 0.05) is 16.5 Å². The largest absolute Gasteiger partial charge is 0.493 e. The van der Waals surface area contributed by atoms with Gasteiger partial charge in [-0.3, -0.25) is 0 Å². The zero-order chi connectivity index (χ0) is 13.2. The van der Waals surface area contributed by atoms with Gasteiger partial charge in [-0.25, -0.2) is 0 Å². The van der Waals surface area contributed by atoms with E-state index in [4.69, 9.17) is 16.3 Å². The second-order valence-electron chi connectivity index (χ2n) is 4.85. The molecule has 2 aromatic carbocycles. The van der Waals surface area contributed by atoms with Gasteiger partial charge in [0.2, 0.25) is 0 Å². The molecule has 1 aliphatic heterocycles. The van der Waals surface area contributed by atoms with E-state index in [0.29, 0.717) is 18.1 Å². The van der Waals surface area contributed by atoms with Crippen molar-refractivity contribution in [1.82, 2.24) is 0 Å². The molecule has 2 aromatic rings. The second kappa shape index (κ2) is 5.24. The van der Waals surface area contributed by atoms with Crippen LogP contribution in [0.25, 0.3) is 0 Å². The Morgan fingerprint density at radius 3 is 2.68 bits per heavy atom. The van der Waals surface area contributed by atoms with Crippen LogP contribution in [-0.4, -0.2) is 17.8 Å². The summed E-state index contributed by atoms with van der Waals surface area (Å²) in [5.74, 6) is 0.939. The molecule has 3 rings (SSSR count). The minimum atomic E-state index is -0.440. The number of fused-ring (bicyclic) bond motifs is 1. The Morgan fingerprint density at radius 2 is 1.89 bits per heavy atom. The molecule has 0 fully saturated rings. The van der Waals surface area contributed by atoms with Crippen molar-refractivity contribution in [3.63, 3.8) is 0 Å². The molecule has 2 atom stereocenters. The molecule has 98 valence electrons. The van der Waals surface area contributed by atoms with Crippen LogP contribution in [0.5, 0.6) is 5.75 Å². The maximum Gasteiger partial charge on any atom is 0.123 e. The van der Waals surface area contributed by atoms with E-state index in [9.17, 15) is 5.11 Å². The summed E-state index contributed by atoms with van der Waals surface area (Å²) in [6.07, 6.45) is 0.171. The highest BCUT2D eigenvalue weighted by molar-refractivity contribution is 6.30. The standard InChI is InChI=1S/C16H15ClO2/c17-12-7-5-11(6-8-12)9-15(18)14-10-19-16-4-2-1-3-13(14)16/h1-8,14-15,18H,9-10H2. The third-order valence-corrected chi connectivity index (χ3v) is 3.81. The molecule has 19 heavy (non-hydrogen) atoms. The number of para-hydroxylation sites is 1. The van der Waals surface area contributed by atoms with Crippen LogP contribution >= 0.6 is 11.6 Å². The lowest BCUT2D eigenvalue weighted by Gasteiger charge is -2.17. The molecule has 3 heteroatoms. The molecule has 0 aromatic heterocycles. The fraction of sp³-hybridized carbons (Fsp3) is 0.250. The summed E-state index contributed by atoms with van der Waals surface area (Å²) in [6, 6.07) is 15.5. The molecule has 0 radical (unpaired) electrons. The van der Waals surface area contributed by atoms with Crippen LogP contribution in [0.3, 0.4) is 0 Å². The highest BCUT2D eigenvalue weighted by Gasteiger charge is 2.29. The summed E-state index contributed by atoms with van der Waals surface area (Å²) in [7, 11) is 0. The average molecular weight is 275 g/mol. The van der Waals surface area contributed by atoms with Gasteiger partial charge in [-0.05, 0) is 30.2 Å².